The van der Waals surface area contributed by atoms with Gasteiger partial charge in [-0.05, 0) is 6.42 Å². The second-order valence-electron chi connectivity index (χ2n) is 5.24. The van der Waals surface area contributed by atoms with Crippen molar-refractivity contribution in [2.45, 2.75) is 39.5 Å². The second-order valence-corrected chi connectivity index (χ2v) is 6.96. The molecule has 0 aliphatic carbocycles. The second kappa shape index (κ2) is 5.36. The van der Waals surface area contributed by atoms with E-state index in [1.54, 1.807) is 22.7 Å². The van der Waals surface area contributed by atoms with Crippen molar-refractivity contribution in [1.82, 2.24) is 9.97 Å². The number of anilines is 1. The van der Waals surface area contributed by atoms with E-state index < -0.39 is 0 Å². The van der Waals surface area contributed by atoms with Crippen LogP contribution in [0.3, 0.4) is 0 Å². The maximum absolute atomic E-state index is 4.64. The third-order valence-corrected chi connectivity index (χ3v) is 4.19. The molecule has 98 valence electrons. The highest BCUT2D eigenvalue weighted by atomic mass is 32.1. The van der Waals surface area contributed by atoms with Crippen LogP contribution in [0, 0.1) is 0 Å². The van der Waals surface area contributed by atoms with Crippen LogP contribution < -0.4 is 5.32 Å². The summed E-state index contributed by atoms with van der Waals surface area (Å²) in [5.74, 6) is 0. The van der Waals surface area contributed by atoms with Gasteiger partial charge in [0.05, 0.1) is 21.8 Å². The first-order chi connectivity index (χ1) is 8.52. The molecule has 0 fully saturated rings. The summed E-state index contributed by atoms with van der Waals surface area (Å²) in [5.41, 5.74) is 4.16. The molecule has 0 aromatic carbocycles. The van der Waals surface area contributed by atoms with Crippen LogP contribution in [-0.4, -0.2) is 16.5 Å². The lowest BCUT2D eigenvalue weighted by Crippen LogP contribution is -2.12. The summed E-state index contributed by atoms with van der Waals surface area (Å²) in [7, 11) is 0. The number of nitrogens with zero attached hydrogens (tertiary/aromatic N) is 2. The van der Waals surface area contributed by atoms with E-state index in [0.717, 1.165) is 29.5 Å². The Balaban J connectivity index is 2.27. The average Bonchev–Trinajstić information content (AvgIpc) is 2.93. The summed E-state index contributed by atoms with van der Waals surface area (Å²) in [4.78, 5) is 10.3. The SMILES string of the molecule is CCCNc1nc(-c2scnc2C(C)(C)C)cs1. The first-order valence-corrected chi connectivity index (χ1v) is 7.92. The maximum Gasteiger partial charge on any atom is 0.183 e. The van der Waals surface area contributed by atoms with Gasteiger partial charge in [-0.1, -0.05) is 27.7 Å². The Morgan fingerprint density at radius 1 is 1.28 bits per heavy atom. The van der Waals surface area contributed by atoms with Gasteiger partial charge in [0.25, 0.3) is 0 Å². The Hall–Kier alpha value is -0.940. The molecule has 5 heteroatoms. The van der Waals surface area contributed by atoms with Crippen molar-refractivity contribution in [1.29, 1.82) is 0 Å². The molecule has 0 amide bonds. The summed E-state index contributed by atoms with van der Waals surface area (Å²) < 4.78 is 0. The fourth-order valence-corrected chi connectivity index (χ4v) is 3.42. The molecule has 2 aromatic rings. The molecule has 3 nitrogen and oxygen atoms in total. The van der Waals surface area contributed by atoms with Crippen LogP contribution in [0.1, 0.15) is 39.8 Å². The zero-order valence-electron chi connectivity index (χ0n) is 11.3. The molecule has 0 radical (unpaired) electrons. The molecular formula is C13H19N3S2. The Kier molecular flexibility index (Phi) is 4.02. The van der Waals surface area contributed by atoms with Crippen molar-refractivity contribution in [3.05, 3.63) is 16.6 Å². The standard InChI is InChI=1S/C13H19N3S2/c1-5-6-14-12-16-9(7-17-12)10-11(13(2,3)4)15-8-18-10/h7-8H,5-6H2,1-4H3,(H,14,16). The van der Waals surface area contributed by atoms with Gasteiger partial charge in [0.15, 0.2) is 5.13 Å². The van der Waals surface area contributed by atoms with Crippen molar-refractivity contribution in [2.24, 2.45) is 0 Å². The van der Waals surface area contributed by atoms with E-state index in [1.807, 2.05) is 5.51 Å². The molecule has 0 bridgehead atoms. The molecular weight excluding hydrogens is 262 g/mol. The van der Waals surface area contributed by atoms with Gasteiger partial charge in [-0.25, -0.2) is 9.97 Å². The minimum Gasteiger partial charge on any atom is -0.362 e. The Bertz CT molecular complexity index is 508. The van der Waals surface area contributed by atoms with Crippen LogP contribution in [0.25, 0.3) is 10.6 Å². The Morgan fingerprint density at radius 3 is 2.72 bits per heavy atom. The molecule has 0 aliphatic rings. The van der Waals surface area contributed by atoms with Crippen molar-refractivity contribution in [2.75, 3.05) is 11.9 Å². The molecule has 0 saturated heterocycles. The lowest BCUT2D eigenvalue weighted by atomic mass is 9.91. The smallest absolute Gasteiger partial charge is 0.183 e. The van der Waals surface area contributed by atoms with Crippen molar-refractivity contribution < 1.29 is 0 Å². The van der Waals surface area contributed by atoms with Gasteiger partial charge in [-0.15, -0.1) is 22.7 Å². The minimum absolute atomic E-state index is 0.0654. The number of thiazole rings is 2. The van der Waals surface area contributed by atoms with E-state index >= 15 is 0 Å². The first kappa shape index (κ1) is 13.5. The monoisotopic (exact) mass is 281 g/mol. The topological polar surface area (TPSA) is 37.8 Å². The summed E-state index contributed by atoms with van der Waals surface area (Å²) in [6.07, 6.45) is 1.11. The molecule has 2 aromatic heterocycles. The molecule has 0 spiro atoms. The molecule has 18 heavy (non-hydrogen) atoms. The molecule has 0 aliphatic heterocycles. The van der Waals surface area contributed by atoms with E-state index in [0.29, 0.717) is 0 Å². The lowest BCUT2D eigenvalue weighted by molar-refractivity contribution is 0.574. The van der Waals surface area contributed by atoms with Gasteiger partial charge in [-0.2, -0.15) is 0 Å². The summed E-state index contributed by atoms with van der Waals surface area (Å²) in [6.45, 7) is 9.70. The van der Waals surface area contributed by atoms with Crippen molar-refractivity contribution in [3.63, 3.8) is 0 Å². The summed E-state index contributed by atoms with van der Waals surface area (Å²) in [5, 5.41) is 6.44. The lowest BCUT2D eigenvalue weighted by Gasteiger charge is -2.16. The molecule has 0 saturated carbocycles. The molecule has 2 heterocycles. The predicted octanol–water partition coefficient (Wildman–Crippen LogP) is 4.39. The van der Waals surface area contributed by atoms with Crippen LogP contribution in [0.2, 0.25) is 0 Å². The highest BCUT2D eigenvalue weighted by molar-refractivity contribution is 7.15. The average molecular weight is 281 g/mol. The summed E-state index contributed by atoms with van der Waals surface area (Å²) >= 11 is 3.34. The molecule has 2 rings (SSSR count). The number of rotatable bonds is 4. The van der Waals surface area contributed by atoms with Crippen molar-refractivity contribution in [3.8, 4) is 10.6 Å². The predicted molar refractivity (Wildman–Crippen MR) is 80.7 cm³/mol. The summed E-state index contributed by atoms with van der Waals surface area (Å²) in [6, 6.07) is 0. The fourth-order valence-electron chi connectivity index (χ4n) is 1.65. The Labute approximate surface area is 116 Å². The van der Waals surface area contributed by atoms with Gasteiger partial charge < -0.3 is 5.32 Å². The maximum atomic E-state index is 4.64. The number of aromatic nitrogens is 2. The van der Waals surface area contributed by atoms with E-state index in [9.17, 15) is 0 Å². The van der Waals surface area contributed by atoms with Crippen molar-refractivity contribution >= 4 is 27.8 Å². The fraction of sp³-hybridized carbons (Fsp3) is 0.538. The van der Waals surface area contributed by atoms with Gasteiger partial charge in [0.2, 0.25) is 0 Å². The van der Waals surface area contributed by atoms with Gasteiger partial charge in [-0.3, -0.25) is 0 Å². The molecule has 1 N–H and O–H groups in total. The zero-order chi connectivity index (χ0) is 13.2. The van der Waals surface area contributed by atoms with E-state index in [1.165, 1.54) is 4.88 Å². The third kappa shape index (κ3) is 2.90. The van der Waals surface area contributed by atoms with Gasteiger partial charge in [0, 0.05) is 17.3 Å². The van der Waals surface area contributed by atoms with Crippen LogP contribution in [0.15, 0.2) is 10.9 Å². The molecule has 0 atom stereocenters. The molecule has 0 unspecified atom stereocenters. The van der Waals surface area contributed by atoms with Gasteiger partial charge >= 0.3 is 0 Å². The highest BCUT2D eigenvalue weighted by Gasteiger charge is 2.23. The van der Waals surface area contributed by atoms with Crippen LogP contribution in [0.5, 0.6) is 0 Å². The van der Waals surface area contributed by atoms with Crippen LogP contribution >= 0.6 is 22.7 Å². The highest BCUT2D eigenvalue weighted by Crippen LogP contribution is 2.36. The quantitative estimate of drug-likeness (QED) is 0.903. The minimum atomic E-state index is 0.0654. The first-order valence-electron chi connectivity index (χ1n) is 6.16. The van der Waals surface area contributed by atoms with Gasteiger partial charge in [0.1, 0.15) is 0 Å². The van der Waals surface area contributed by atoms with E-state index in [4.69, 9.17) is 0 Å². The van der Waals surface area contributed by atoms with E-state index in [-0.39, 0.29) is 5.41 Å². The zero-order valence-corrected chi connectivity index (χ0v) is 12.9. The van der Waals surface area contributed by atoms with E-state index in [2.05, 4.69) is 48.4 Å². The Morgan fingerprint density at radius 2 is 2.06 bits per heavy atom. The normalized spacial score (nSPS) is 11.8. The van der Waals surface area contributed by atoms with Crippen LogP contribution in [-0.2, 0) is 5.41 Å². The number of hydrogen-bond donors (Lipinski definition) is 1. The number of hydrogen-bond acceptors (Lipinski definition) is 5. The largest absolute Gasteiger partial charge is 0.362 e. The third-order valence-electron chi connectivity index (χ3n) is 2.54. The number of nitrogens with one attached hydrogen (secondary N) is 1. The van der Waals surface area contributed by atoms with Crippen LogP contribution in [0.4, 0.5) is 5.13 Å².